The van der Waals surface area contributed by atoms with Crippen LogP contribution >= 0.6 is 0 Å². The second kappa shape index (κ2) is 6.19. The van der Waals surface area contributed by atoms with Crippen molar-refractivity contribution in [1.29, 1.82) is 0 Å². The van der Waals surface area contributed by atoms with Crippen molar-refractivity contribution in [1.82, 2.24) is 4.90 Å². The van der Waals surface area contributed by atoms with Gasteiger partial charge < -0.3 is 20.7 Å². The molecule has 1 atom stereocenters. The third-order valence-corrected chi connectivity index (χ3v) is 3.47. The average molecular weight is 262 g/mol. The van der Waals surface area contributed by atoms with Gasteiger partial charge in [0.1, 0.15) is 0 Å². The minimum absolute atomic E-state index is 0.00349. The van der Waals surface area contributed by atoms with Crippen LogP contribution in [0.5, 0.6) is 0 Å². The van der Waals surface area contributed by atoms with Crippen LogP contribution in [0.2, 0.25) is 0 Å². The van der Waals surface area contributed by atoms with Gasteiger partial charge in [-0.05, 0) is 30.3 Å². The third-order valence-electron chi connectivity index (χ3n) is 3.47. The Morgan fingerprint density at radius 1 is 1.26 bits per heavy atom. The molecule has 1 aliphatic rings. The van der Waals surface area contributed by atoms with Crippen molar-refractivity contribution in [2.75, 3.05) is 13.1 Å². The highest BCUT2D eigenvalue weighted by Crippen LogP contribution is 2.10. The maximum atomic E-state index is 12.0. The fourth-order valence-electron chi connectivity index (χ4n) is 2.34. The summed E-state index contributed by atoms with van der Waals surface area (Å²) in [6, 6.07) is 6.28. The number of rotatable bonds is 4. The number of amides is 1. The van der Waals surface area contributed by atoms with Gasteiger partial charge in [0, 0.05) is 13.1 Å². The Bertz CT molecular complexity index is 430. The molecule has 1 aliphatic heterocycles. The number of likely N-dealkylation sites (tertiary alicyclic amines) is 1. The van der Waals surface area contributed by atoms with Crippen LogP contribution in [-0.4, -0.2) is 47.1 Å². The van der Waals surface area contributed by atoms with Crippen LogP contribution in [0.3, 0.4) is 0 Å². The molecule has 0 aliphatic carbocycles. The van der Waals surface area contributed by atoms with Crippen molar-refractivity contribution >= 4 is 18.5 Å². The molecular formula is C13H19BN2O3. The lowest BCUT2D eigenvalue weighted by molar-refractivity contribution is -0.131. The number of hydrogen-bond acceptors (Lipinski definition) is 4. The minimum atomic E-state index is -1.46. The van der Waals surface area contributed by atoms with E-state index in [-0.39, 0.29) is 5.91 Å². The first-order valence-electron chi connectivity index (χ1n) is 6.57. The number of hydrogen-bond donors (Lipinski definition) is 3. The van der Waals surface area contributed by atoms with Gasteiger partial charge >= 0.3 is 7.12 Å². The molecule has 0 aromatic heterocycles. The van der Waals surface area contributed by atoms with Gasteiger partial charge in [0.2, 0.25) is 5.91 Å². The summed E-state index contributed by atoms with van der Waals surface area (Å²) < 4.78 is 0. The van der Waals surface area contributed by atoms with Crippen molar-refractivity contribution in [2.24, 2.45) is 5.73 Å². The summed E-state index contributed by atoms with van der Waals surface area (Å²) in [5.41, 5.74) is 7.29. The summed E-state index contributed by atoms with van der Waals surface area (Å²) in [6.45, 7) is 1.62. The van der Waals surface area contributed by atoms with Crippen LogP contribution in [0.15, 0.2) is 24.3 Å². The molecule has 1 aromatic carbocycles. The van der Waals surface area contributed by atoms with Gasteiger partial charge in [0.05, 0.1) is 6.04 Å². The van der Waals surface area contributed by atoms with Crippen LogP contribution in [0.25, 0.3) is 0 Å². The number of carbonyl (C=O) groups is 1. The van der Waals surface area contributed by atoms with Crippen molar-refractivity contribution < 1.29 is 14.8 Å². The van der Waals surface area contributed by atoms with Crippen molar-refractivity contribution in [3.8, 4) is 0 Å². The Morgan fingerprint density at radius 3 is 2.37 bits per heavy atom. The quantitative estimate of drug-likeness (QED) is 0.598. The molecule has 4 N–H and O–H groups in total. The molecule has 1 saturated heterocycles. The zero-order valence-corrected chi connectivity index (χ0v) is 10.8. The highest BCUT2D eigenvalue weighted by molar-refractivity contribution is 6.58. The molecule has 0 saturated carbocycles. The van der Waals surface area contributed by atoms with Crippen molar-refractivity contribution in [3.63, 3.8) is 0 Å². The van der Waals surface area contributed by atoms with Gasteiger partial charge in [0.15, 0.2) is 0 Å². The van der Waals surface area contributed by atoms with Crippen LogP contribution in [-0.2, 0) is 11.2 Å². The van der Waals surface area contributed by atoms with Gasteiger partial charge in [-0.2, -0.15) is 0 Å². The lowest BCUT2D eigenvalue weighted by Gasteiger charge is -2.20. The maximum absolute atomic E-state index is 12.0. The topological polar surface area (TPSA) is 86.8 Å². The fourth-order valence-corrected chi connectivity index (χ4v) is 2.34. The summed E-state index contributed by atoms with van der Waals surface area (Å²) in [7, 11) is -1.46. The van der Waals surface area contributed by atoms with E-state index in [0.717, 1.165) is 31.5 Å². The van der Waals surface area contributed by atoms with E-state index in [1.807, 2.05) is 4.90 Å². The average Bonchev–Trinajstić information content (AvgIpc) is 2.92. The molecule has 0 bridgehead atoms. The zero-order valence-electron chi connectivity index (χ0n) is 10.8. The smallest absolute Gasteiger partial charge is 0.423 e. The molecule has 5 nitrogen and oxygen atoms in total. The van der Waals surface area contributed by atoms with E-state index in [9.17, 15) is 4.79 Å². The first-order chi connectivity index (χ1) is 9.08. The maximum Gasteiger partial charge on any atom is 0.488 e. The predicted octanol–water partition coefficient (Wildman–Crippen LogP) is -1.14. The van der Waals surface area contributed by atoms with Crippen LogP contribution in [0, 0.1) is 0 Å². The standard InChI is InChI=1S/C13H19BN2O3/c15-12(13(17)16-7-1-2-8-16)9-10-3-5-11(6-4-10)14(18)19/h3-6,12,18-19H,1-2,7-9,15H2/t12-/m0/s1. The van der Waals surface area contributed by atoms with E-state index in [4.69, 9.17) is 15.8 Å². The van der Waals surface area contributed by atoms with E-state index in [1.54, 1.807) is 24.3 Å². The minimum Gasteiger partial charge on any atom is -0.423 e. The van der Waals surface area contributed by atoms with E-state index in [2.05, 4.69) is 0 Å². The molecule has 2 rings (SSSR count). The van der Waals surface area contributed by atoms with Gasteiger partial charge in [-0.15, -0.1) is 0 Å². The Hall–Kier alpha value is -1.37. The van der Waals surface area contributed by atoms with Gasteiger partial charge in [-0.25, -0.2) is 0 Å². The van der Waals surface area contributed by atoms with Gasteiger partial charge in [-0.1, -0.05) is 24.3 Å². The van der Waals surface area contributed by atoms with E-state index < -0.39 is 13.2 Å². The van der Waals surface area contributed by atoms with Crippen molar-refractivity contribution in [3.05, 3.63) is 29.8 Å². The molecule has 6 heteroatoms. The van der Waals surface area contributed by atoms with Crippen molar-refractivity contribution in [2.45, 2.75) is 25.3 Å². The number of nitrogens with two attached hydrogens (primary N) is 1. The van der Waals surface area contributed by atoms with Crippen LogP contribution < -0.4 is 11.2 Å². The summed E-state index contributed by atoms with van der Waals surface area (Å²) in [5, 5.41) is 18.0. The van der Waals surface area contributed by atoms with E-state index in [1.165, 1.54) is 0 Å². The van der Waals surface area contributed by atoms with Gasteiger partial charge in [-0.3, -0.25) is 4.79 Å². The third kappa shape index (κ3) is 3.56. The number of nitrogens with zero attached hydrogens (tertiary/aromatic N) is 1. The second-order valence-electron chi connectivity index (χ2n) is 4.96. The molecule has 19 heavy (non-hydrogen) atoms. The van der Waals surface area contributed by atoms with Crippen LogP contribution in [0.4, 0.5) is 0 Å². The number of carbonyl (C=O) groups excluding carboxylic acids is 1. The SMILES string of the molecule is N[C@@H](Cc1ccc(B(O)O)cc1)C(=O)N1CCCC1. The zero-order chi connectivity index (χ0) is 13.8. The summed E-state index contributed by atoms with van der Waals surface area (Å²) >= 11 is 0. The molecular weight excluding hydrogens is 243 g/mol. The monoisotopic (exact) mass is 262 g/mol. The van der Waals surface area contributed by atoms with Gasteiger partial charge in [0.25, 0.3) is 0 Å². The largest absolute Gasteiger partial charge is 0.488 e. The summed E-state index contributed by atoms with van der Waals surface area (Å²) in [4.78, 5) is 13.9. The predicted molar refractivity (Wildman–Crippen MR) is 73.8 cm³/mol. The summed E-state index contributed by atoms with van der Waals surface area (Å²) in [6.07, 6.45) is 2.58. The molecule has 1 amide bonds. The molecule has 0 spiro atoms. The highest BCUT2D eigenvalue weighted by atomic mass is 16.4. The van der Waals surface area contributed by atoms with E-state index >= 15 is 0 Å². The number of benzene rings is 1. The molecule has 0 unspecified atom stereocenters. The lowest BCUT2D eigenvalue weighted by Crippen LogP contribution is -2.43. The molecule has 0 radical (unpaired) electrons. The highest BCUT2D eigenvalue weighted by Gasteiger charge is 2.23. The Labute approximate surface area is 113 Å². The second-order valence-corrected chi connectivity index (χ2v) is 4.96. The first kappa shape index (κ1) is 14.1. The normalized spacial score (nSPS) is 16.5. The molecule has 1 fully saturated rings. The lowest BCUT2D eigenvalue weighted by atomic mass is 9.80. The van der Waals surface area contributed by atoms with E-state index in [0.29, 0.717) is 11.9 Å². The van der Waals surface area contributed by atoms with Crippen LogP contribution in [0.1, 0.15) is 18.4 Å². The molecule has 102 valence electrons. The Balaban J connectivity index is 1.94. The molecule has 1 aromatic rings. The Kier molecular flexibility index (Phi) is 4.58. The summed E-state index contributed by atoms with van der Waals surface area (Å²) in [5.74, 6) is 0.00349. The fraction of sp³-hybridized carbons (Fsp3) is 0.462. The molecule has 1 heterocycles. The Morgan fingerprint density at radius 2 is 1.84 bits per heavy atom. The first-order valence-corrected chi connectivity index (χ1v) is 6.57.